The maximum absolute atomic E-state index is 13.8. The van der Waals surface area contributed by atoms with E-state index in [0.717, 1.165) is 17.7 Å². The molecule has 0 radical (unpaired) electrons. The number of rotatable bonds is 4. The van der Waals surface area contributed by atoms with E-state index >= 15 is 0 Å². The SMILES string of the molecule is Cc1ccc(C2CN(C(C)(C)C)CC2C(=O)N2C(=O)OC[C@@H]2Cc2ccccc2)cc1. The van der Waals surface area contributed by atoms with Gasteiger partial charge in [-0.2, -0.15) is 0 Å². The molecule has 0 N–H and O–H groups in total. The Labute approximate surface area is 185 Å². The lowest BCUT2D eigenvalue weighted by molar-refractivity contribution is -0.133. The summed E-state index contributed by atoms with van der Waals surface area (Å²) in [4.78, 5) is 30.1. The van der Waals surface area contributed by atoms with Gasteiger partial charge >= 0.3 is 6.09 Å². The average molecular weight is 421 g/mol. The normalized spacial score (nSPS) is 24.5. The summed E-state index contributed by atoms with van der Waals surface area (Å²) in [6.07, 6.45) is 0.103. The molecule has 2 saturated heterocycles. The topological polar surface area (TPSA) is 49.9 Å². The summed E-state index contributed by atoms with van der Waals surface area (Å²) in [7, 11) is 0. The first kappa shape index (κ1) is 21.6. The van der Waals surface area contributed by atoms with Gasteiger partial charge in [-0.25, -0.2) is 9.69 Å². The summed E-state index contributed by atoms with van der Waals surface area (Å²) in [6, 6.07) is 18.1. The minimum Gasteiger partial charge on any atom is -0.447 e. The number of carbonyl (C=O) groups excluding carboxylic acids is 2. The molecular weight excluding hydrogens is 388 g/mol. The number of likely N-dealkylation sites (tertiary alicyclic amines) is 1. The Bertz CT molecular complexity index is 933. The number of amides is 2. The lowest BCUT2D eigenvalue weighted by Gasteiger charge is -2.32. The molecule has 31 heavy (non-hydrogen) atoms. The highest BCUT2D eigenvalue weighted by Crippen LogP contribution is 2.38. The summed E-state index contributed by atoms with van der Waals surface area (Å²) in [6.45, 7) is 10.3. The molecule has 3 atom stereocenters. The lowest BCUT2D eigenvalue weighted by Crippen LogP contribution is -2.46. The molecule has 4 rings (SSSR count). The second kappa shape index (κ2) is 8.46. The van der Waals surface area contributed by atoms with Crippen LogP contribution in [0, 0.1) is 12.8 Å². The third-order valence-corrected chi connectivity index (χ3v) is 6.60. The molecule has 2 unspecified atom stereocenters. The van der Waals surface area contributed by atoms with Gasteiger partial charge in [-0.3, -0.25) is 9.69 Å². The molecule has 2 fully saturated rings. The molecule has 5 heteroatoms. The maximum Gasteiger partial charge on any atom is 0.416 e. The molecular formula is C26H32N2O3. The van der Waals surface area contributed by atoms with Crippen molar-refractivity contribution in [3.63, 3.8) is 0 Å². The Balaban J connectivity index is 1.61. The van der Waals surface area contributed by atoms with Crippen molar-refractivity contribution in [2.75, 3.05) is 19.7 Å². The van der Waals surface area contributed by atoms with Crippen LogP contribution in [0.3, 0.4) is 0 Å². The third-order valence-electron chi connectivity index (χ3n) is 6.60. The van der Waals surface area contributed by atoms with Crippen molar-refractivity contribution in [2.24, 2.45) is 5.92 Å². The van der Waals surface area contributed by atoms with E-state index in [1.165, 1.54) is 10.5 Å². The molecule has 0 bridgehead atoms. The van der Waals surface area contributed by atoms with Crippen LogP contribution in [0.4, 0.5) is 4.79 Å². The molecule has 2 heterocycles. The number of aryl methyl sites for hydroxylation is 1. The van der Waals surface area contributed by atoms with Crippen molar-refractivity contribution < 1.29 is 14.3 Å². The first-order valence-corrected chi connectivity index (χ1v) is 11.1. The second-order valence-electron chi connectivity index (χ2n) is 9.83. The lowest BCUT2D eigenvalue weighted by atomic mass is 9.87. The molecule has 0 aliphatic carbocycles. The molecule has 2 aliphatic heterocycles. The van der Waals surface area contributed by atoms with Crippen LogP contribution < -0.4 is 0 Å². The van der Waals surface area contributed by atoms with E-state index in [4.69, 9.17) is 4.74 Å². The number of hydrogen-bond donors (Lipinski definition) is 0. The monoisotopic (exact) mass is 420 g/mol. The summed E-state index contributed by atoms with van der Waals surface area (Å²) >= 11 is 0. The summed E-state index contributed by atoms with van der Waals surface area (Å²) in [5, 5.41) is 0. The van der Waals surface area contributed by atoms with Crippen molar-refractivity contribution in [3.8, 4) is 0 Å². The zero-order valence-electron chi connectivity index (χ0n) is 18.9. The van der Waals surface area contributed by atoms with Gasteiger partial charge in [-0.15, -0.1) is 0 Å². The summed E-state index contributed by atoms with van der Waals surface area (Å²) in [5.74, 6) is -0.329. The fraction of sp³-hybridized carbons (Fsp3) is 0.462. The van der Waals surface area contributed by atoms with E-state index in [-0.39, 0.29) is 35.9 Å². The number of ether oxygens (including phenoxy) is 1. The van der Waals surface area contributed by atoms with Crippen molar-refractivity contribution in [1.82, 2.24) is 9.80 Å². The number of imide groups is 1. The van der Waals surface area contributed by atoms with E-state index in [1.807, 2.05) is 30.3 Å². The number of nitrogens with zero attached hydrogens (tertiary/aromatic N) is 2. The Hall–Kier alpha value is -2.66. The number of benzene rings is 2. The zero-order chi connectivity index (χ0) is 22.2. The Kier molecular flexibility index (Phi) is 5.89. The van der Waals surface area contributed by atoms with Crippen LogP contribution in [0.2, 0.25) is 0 Å². The maximum atomic E-state index is 13.8. The van der Waals surface area contributed by atoms with Crippen LogP contribution in [0.25, 0.3) is 0 Å². The molecule has 2 amide bonds. The van der Waals surface area contributed by atoms with Crippen LogP contribution in [-0.2, 0) is 16.0 Å². The molecule has 2 aliphatic rings. The van der Waals surface area contributed by atoms with Crippen LogP contribution in [0.5, 0.6) is 0 Å². The highest BCUT2D eigenvalue weighted by Gasteiger charge is 2.48. The predicted octanol–water partition coefficient (Wildman–Crippen LogP) is 4.40. The van der Waals surface area contributed by atoms with E-state index in [0.29, 0.717) is 13.0 Å². The van der Waals surface area contributed by atoms with E-state index in [9.17, 15) is 9.59 Å². The van der Waals surface area contributed by atoms with Crippen LogP contribution in [0.1, 0.15) is 43.4 Å². The Morgan fingerprint density at radius 1 is 1.03 bits per heavy atom. The van der Waals surface area contributed by atoms with Gasteiger partial charge in [0.2, 0.25) is 5.91 Å². The molecule has 164 valence electrons. The van der Waals surface area contributed by atoms with Crippen molar-refractivity contribution in [1.29, 1.82) is 0 Å². The van der Waals surface area contributed by atoms with Crippen LogP contribution >= 0.6 is 0 Å². The summed E-state index contributed by atoms with van der Waals surface area (Å²) < 4.78 is 5.33. The van der Waals surface area contributed by atoms with Gasteiger partial charge in [0, 0.05) is 24.5 Å². The fourth-order valence-electron chi connectivity index (χ4n) is 4.70. The highest BCUT2D eigenvalue weighted by atomic mass is 16.6. The van der Waals surface area contributed by atoms with E-state index < -0.39 is 6.09 Å². The van der Waals surface area contributed by atoms with Gasteiger partial charge in [-0.1, -0.05) is 60.2 Å². The molecule has 0 saturated carbocycles. The minimum atomic E-state index is -0.511. The van der Waals surface area contributed by atoms with Crippen LogP contribution in [-0.4, -0.2) is 53.1 Å². The molecule has 5 nitrogen and oxygen atoms in total. The average Bonchev–Trinajstić information content (AvgIpc) is 3.33. The highest BCUT2D eigenvalue weighted by molar-refractivity contribution is 5.95. The van der Waals surface area contributed by atoms with Crippen molar-refractivity contribution in [3.05, 3.63) is 71.3 Å². The second-order valence-corrected chi connectivity index (χ2v) is 9.83. The van der Waals surface area contributed by atoms with Gasteiger partial charge in [0.25, 0.3) is 0 Å². The largest absolute Gasteiger partial charge is 0.447 e. The molecule has 2 aromatic carbocycles. The third kappa shape index (κ3) is 4.52. The predicted molar refractivity (Wildman–Crippen MR) is 121 cm³/mol. The smallest absolute Gasteiger partial charge is 0.416 e. The quantitative estimate of drug-likeness (QED) is 0.736. The molecule has 0 aromatic heterocycles. The van der Waals surface area contributed by atoms with Gasteiger partial charge in [0.15, 0.2) is 0 Å². The van der Waals surface area contributed by atoms with E-state index in [1.54, 1.807) is 0 Å². The number of hydrogen-bond acceptors (Lipinski definition) is 4. The first-order chi connectivity index (χ1) is 14.7. The van der Waals surface area contributed by atoms with Crippen LogP contribution in [0.15, 0.2) is 54.6 Å². The standard InChI is InChI=1S/C26H32N2O3/c1-18-10-12-20(13-11-18)22-15-27(26(2,3)4)16-23(22)24(29)28-21(17-31-25(28)30)14-19-8-6-5-7-9-19/h5-13,21-23H,14-17H2,1-4H3/t21-,22?,23?/m0/s1. The first-order valence-electron chi connectivity index (χ1n) is 11.1. The Morgan fingerprint density at radius 2 is 1.71 bits per heavy atom. The van der Waals surface area contributed by atoms with Gasteiger partial charge < -0.3 is 4.74 Å². The van der Waals surface area contributed by atoms with E-state index in [2.05, 4.69) is 56.9 Å². The zero-order valence-corrected chi connectivity index (χ0v) is 18.9. The van der Waals surface area contributed by atoms with Gasteiger partial charge in [0.1, 0.15) is 6.61 Å². The Morgan fingerprint density at radius 3 is 2.35 bits per heavy atom. The van der Waals surface area contributed by atoms with Gasteiger partial charge in [0.05, 0.1) is 12.0 Å². The molecule has 2 aromatic rings. The van der Waals surface area contributed by atoms with Gasteiger partial charge in [-0.05, 0) is 45.2 Å². The minimum absolute atomic E-state index is 0.0487. The molecule has 0 spiro atoms. The number of carbonyl (C=O) groups is 2. The van der Waals surface area contributed by atoms with Crippen molar-refractivity contribution >= 4 is 12.0 Å². The number of cyclic esters (lactones) is 1. The fourth-order valence-corrected chi connectivity index (χ4v) is 4.70. The van der Waals surface area contributed by atoms with Crippen molar-refractivity contribution in [2.45, 2.75) is 51.6 Å². The summed E-state index contributed by atoms with van der Waals surface area (Å²) in [5.41, 5.74) is 3.40.